The molecule has 0 atom stereocenters. The van der Waals surface area contributed by atoms with Gasteiger partial charge >= 0.3 is 0 Å². The van der Waals surface area contributed by atoms with E-state index in [0.717, 1.165) is 17.7 Å². The second-order valence-corrected chi connectivity index (χ2v) is 6.03. The van der Waals surface area contributed by atoms with Crippen LogP contribution in [0.1, 0.15) is 18.2 Å². The summed E-state index contributed by atoms with van der Waals surface area (Å²) in [7, 11) is 0. The highest BCUT2D eigenvalue weighted by Gasteiger charge is 2.16. The molecule has 3 aromatic rings. The van der Waals surface area contributed by atoms with Crippen molar-refractivity contribution < 1.29 is 18.8 Å². The second kappa shape index (κ2) is 6.92. The molecule has 4 rings (SSSR count). The van der Waals surface area contributed by atoms with Crippen LogP contribution in [0, 0.1) is 0 Å². The fourth-order valence-corrected chi connectivity index (χ4v) is 2.77. The number of carbonyl (C=O) groups excluding carboxylic acids is 1. The Hall–Kier alpha value is -3.28. The molecule has 0 fully saturated rings. The lowest BCUT2D eigenvalue weighted by atomic mass is 10.1. The van der Waals surface area contributed by atoms with Crippen LogP contribution >= 0.6 is 0 Å². The minimum atomic E-state index is -0.139. The summed E-state index contributed by atoms with van der Waals surface area (Å²) in [5, 5.41) is 6.85. The zero-order chi connectivity index (χ0) is 17.9. The topological polar surface area (TPSA) is 73.6 Å². The SMILES string of the molecule is CCc1ccc(NC(=O)Cc2cc(-c3ccc4c(c3)OCO4)on2)cc1. The Kier molecular flexibility index (Phi) is 4.31. The minimum Gasteiger partial charge on any atom is -0.454 e. The van der Waals surface area contributed by atoms with E-state index in [1.807, 2.05) is 42.5 Å². The Morgan fingerprint density at radius 2 is 1.88 bits per heavy atom. The molecule has 0 bridgehead atoms. The minimum absolute atomic E-state index is 0.139. The van der Waals surface area contributed by atoms with E-state index >= 15 is 0 Å². The highest BCUT2D eigenvalue weighted by molar-refractivity contribution is 5.92. The summed E-state index contributed by atoms with van der Waals surface area (Å²) in [5.41, 5.74) is 3.39. The molecule has 6 heteroatoms. The van der Waals surface area contributed by atoms with Crippen LogP contribution < -0.4 is 14.8 Å². The summed E-state index contributed by atoms with van der Waals surface area (Å²) in [6.07, 6.45) is 1.11. The van der Waals surface area contributed by atoms with E-state index in [2.05, 4.69) is 17.4 Å². The van der Waals surface area contributed by atoms with Crippen molar-refractivity contribution in [3.63, 3.8) is 0 Å². The summed E-state index contributed by atoms with van der Waals surface area (Å²) in [6.45, 7) is 2.32. The molecule has 132 valence electrons. The predicted octanol–water partition coefficient (Wildman–Crippen LogP) is 3.81. The number of nitrogens with one attached hydrogen (secondary N) is 1. The maximum Gasteiger partial charge on any atom is 0.231 e. The number of ether oxygens (including phenoxy) is 2. The molecule has 0 unspecified atom stereocenters. The van der Waals surface area contributed by atoms with E-state index in [-0.39, 0.29) is 19.1 Å². The molecule has 1 aromatic heterocycles. The molecular formula is C20H18N2O4. The van der Waals surface area contributed by atoms with Gasteiger partial charge in [0.15, 0.2) is 17.3 Å². The Balaban J connectivity index is 1.42. The number of fused-ring (bicyclic) bond motifs is 1. The first-order valence-corrected chi connectivity index (χ1v) is 8.45. The molecule has 0 spiro atoms. The number of aromatic nitrogens is 1. The molecule has 0 saturated heterocycles. The van der Waals surface area contributed by atoms with Crippen LogP contribution in [-0.2, 0) is 17.6 Å². The van der Waals surface area contributed by atoms with Crippen molar-refractivity contribution >= 4 is 11.6 Å². The van der Waals surface area contributed by atoms with Gasteiger partial charge in [-0.25, -0.2) is 0 Å². The molecule has 1 aliphatic rings. The molecule has 0 saturated carbocycles. The third kappa shape index (κ3) is 3.39. The standard InChI is InChI=1S/C20H18N2O4/c1-2-13-3-6-15(7-4-13)21-20(23)11-16-10-18(26-22-16)14-5-8-17-19(9-14)25-12-24-17/h3-10H,2,11-12H2,1H3,(H,21,23). The molecule has 2 aromatic carbocycles. The number of nitrogens with zero attached hydrogens (tertiary/aromatic N) is 1. The van der Waals surface area contributed by atoms with Crippen LogP contribution in [-0.4, -0.2) is 17.9 Å². The summed E-state index contributed by atoms with van der Waals surface area (Å²) >= 11 is 0. The van der Waals surface area contributed by atoms with E-state index in [1.54, 1.807) is 6.07 Å². The van der Waals surface area contributed by atoms with Gasteiger partial charge in [-0.15, -0.1) is 0 Å². The van der Waals surface area contributed by atoms with Crippen molar-refractivity contribution in [2.24, 2.45) is 0 Å². The highest BCUT2D eigenvalue weighted by atomic mass is 16.7. The number of anilines is 1. The smallest absolute Gasteiger partial charge is 0.231 e. The van der Waals surface area contributed by atoms with Gasteiger partial charge in [0.05, 0.1) is 12.1 Å². The summed E-state index contributed by atoms with van der Waals surface area (Å²) in [5.74, 6) is 1.83. The maximum atomic E-state index is 12.2. The highest BCUT2D eigenvalue weighted by Crippen LogP contribution is 2.36. The third-order valence-corrected chi connectivity index (χ3v) is 4.20. The van der Waals surface area contributed by atoms with Crippen molar-refractivity contribution in [1.29, 1.82) is 0 Å². The van der Waals surface area contributed by atoms with Crippen molar-refractivity contribution in [3.05, 3.63) is 59.8 Å². The maximum absolute atomic E-state index is 12.2. The van der Waals surface area contributed by atoms with E-state index in [9.17, 15) is 4.79 Å². The number of hydrogen-bond donors (Lipinski definition) is 1. The Morgan fingerprint density at radius 1 is 1.08 bits per heavy atom. The average molecular weight is 350 g/mol. The van der Waals surface area contributed by atoms with E-state index in [1.165, 1.54) is 5.56 Å². The van der Waals surface area contributed by atoms with Crippen LogP contribution in [0.25, 0.3) is 11.3 Å². The zero-order valence-electron chi connectivity index (χ0n) is 14.3. The fourth-order valence-electron chi connectivity index (χ4n) is 2.77. The lowest BCUT2D eigenvalue weighted by Crippen LogP contribution is -2.14. The van der Waals surface area contributed by atoms with Gasteiger partial charge in [0.1, 0.15) is 0 Å². The summed E-state index contributed by atoms with van der Waals surface area (Å²) in [4.78, 5) is 12.2. The van der Waals surface area contributed by atoms with Gasteiger partial charge in [-0.2, -0.15) is 0 Å². The first-order chi connectivity index (χ1) is 12.7. The van der Waals surface area contributed by atoms with Crippen molar-refractivity contribution in [2.45, 2.75) is 19.8 Å². The van der Waals surface area contributed by atoms with Crippen molar-refractivity contribution in [3.8, 4) is 22.8 Å². The summed E-state index contributed by atoms with van der Waals surface area (Å²) < 4.78 is 16.0. The van der Waals surface area contributed by atoms with Gasteiger partial charge in [-0.1, -0.05) is 24.2 Å². The molecule has 1 amide bonds. The van der Waals surface area contributed by atoms with Crippen LogP contribution in [0.3, 0.4) is 0 Å². The number of hydrogen-bond acceptors (Lipinski definition) is 5. The normalized spacial score (nSPS) is 12.2. The van der Waals surface area contributed by atoms with Crippen molar-refractivity contribution in [1.82, 2.24) is 5.16 Å². The van der Waals surface area contributed by atoms with E-state index < -0.39 is 0 Å². The zero-order valence-corrected chi connectivity index (χ0v) is 14.3. The lowest BCUT2D eigenvalue weighted by Gasteiger charge is -2.04. The van der Waals surface area contributed by atoms with Gasteiger partial charge in [-0.3, -0.25) is 4.79 Å². The number of carbonyl (C=O) groups is 1. The molecule has 26 heavy (non-hydrogen) atoms. The molecular weight excluding hydrogens is 332 g/mol. The molecule has 1 N–H and O–H groups in total. The van der Waals surface area contributed by atoms with Crippen LogP contribution in [0.5, 0.6) is 11.5 Å². The molecule has 0 radical (unpaired) electrons. The van der Waals surface area contributed by atoms with Gasteiger partial charge in [0, 0.05) is 17.3 Å². The number of aryl methyl sites for hydroxylation is 1. The summed E-state index contributed by atoms with van der Waals surface area (Å²) in [6, 6.07) is 15.1. The largest absolute Gasteiger partial charge is 0.454 e. The number of rotatable bonds is 5. The predicted molar refractivity (Wildman–Crippen MR) is 96.2 cm³/mol. The fraction of sp³-hybridized carbons (Fsp3) is 0.200. The molecule has 6 nitrogen and oxygen atoms in total. The Labute approximate surface area is 150 Å². The quantitative estimate of drug-likeness (QED) is 0.757. The van der Waals surface area contributed by atoms with Gasteiger partial charge in [0.2, 0.25) is 12.7 Å². The van der Waals surface area contributed by atoms with E-state index in [4.69, 9.17) is 14.0 Å². The van der Waals surface area contributed by atoms with Gasteiger partial charge in [0.25, 0.3) is 0 Å². The van der Waals surface area contributed by atoms with Gasteiger partial charge in [-0.05, 0) is 42.3 Å². The van der Waals surface area contributed by atoms with Crippen LogP contribution in [0.15, 0.2) is 53.1 Å². The second-order valence-electron chi connectivity index (χ2n) is 6.03. The Morgan fingerprint density at radius 3 is 2.69 bits per heavy atom. The first kappa shape index (κ1) is 16.2. The van der Waals surface area contributed by atoms with Crippen LogP contribution in [0.2, 0.25) is 0 Å². The van der Waals surface area contributed by atoms with Gasteiger partial charge < -0.3 is 19.3 Å². The van der Waals surface area contributed by atoms with Crippen LogP contribution in [0.4, 0.5) is 5.69 Å². The molecule has 1 aliphatic heterocycles. The Bertz CT molecular complexity index is 931. The monoisotopic (exact) mass is 350 g/mol. The lowest BCUT2D eigenvalue weighted by molar-refractivity contribution is -0.115. The number of amides is 1. The first-order valence-electron chi connectivity index (χ1n) is 8.45. The number of benzene rings is 2. The average Bonchev–Trinajstić information content (AvgIpc) is 3.30. The molecule has 2 heterocycles. The van der Waals surface area contributed by atoms with Crippen molar-refractivity contribution in [2.75, 3.05) is 12.1 Å². The van der Waals surface area contributed by atoms with E-state index in [0.29, 0.717) is 23.0 Å². The molecule has 0 aliphatic carbocycles. The third-order valence-electron chi connectivity index (χ3n) is 4.20.